The fraction of sp³-hybridized carbons (Fsp3) is 0.810. The second kappa shape index (κ2) is 5.76. The Kier molecular flexibility index (Phi) is 4.25. The molecular weight excluding hydrogens is 428 g/mol. The highest BCUT2D eigenvalue weighted by molar-refractivity contribution is 9.10. The molecule has 2 unspecified atom stereocenters. The first-order valence-corrected chi connectivity index (χ1v) is 10.8. The van der Waals surface area contributed by atoms with Crippen molar-refractivity contribution in [2.24, 2.45) is 34.0 Å². The highest BCUT2D eigenvalue weighted by Crippen LogP contribution is 2.73. The van der Waals surface area contributed by atoms with Gasteiger partial charge in [-0.05, 0) is 36.2 Å². The van der Waals surface area contributed by atoms with Gasteiger partial charge in [-0.3, -0.25) is 9.59 Å². The Balaban J connectivity index is 2.06. The highest BCUT2D eigenvalue weighted by atomic mass is 79.9. The fourth-order valence-corrected chi connectivity index (χ4v) is 8.96. The predicted molar refractivity (Wildman–Crippen MR) is 104 cm³/mol. The topological polar surface area (TPSA) is 104 Å². The summed E-state index contributed by atoms with van der Waals surface area (Å²) in [5, 5.41) is 34.4. The number of methoxy groups -OCH3 is 1. The van der Waals surface area contributed by atoms with Crippen molar-refractivity contribution in [2.45, 2.75) is 62.9 Å². The summed E-state index contributed by atoms with van der Waals surface area (Å²) in [5.41, 5.74) is -3.17. The van der Waals surface area contributed by atoms with E-state index in [0.29, 0.717) is 19.3 Å². The summed E-state index contributed by atoms with van der Waals surface area (Å²) in [6, 6.07) is 0. The molecule has 156 valence electrons. The summed E-state index contributed by atoms with van der Waals surface area (Å²) in [5.74, 6) is -4.67. The van der Waals surface area contributed by atoms with Gasteiger partial charge >= 0.3 is 0 Å². The van der Waals surface area contributed by atoms with Crippen molar-refractivity contribution in [1.29, 1.82) is 0 Å². The van der Waals surface area contributed by atoms with Crippen LogP contribution in [-0.4, -0.2) is 56.8 Å². The van der Waals surface area contributed by atoms with Crippen LogP contribution < -0.4 is 0 Å². The maximum Gasteiger partial charge on any atom is 0.208 e. The summed E-state index contributed by atoms with van der Waals surface area (Å²) in [6.45, 7) is 9.60. The maximum atomic E-state index is 13.5. The maximum absolute atomic E-state index is 13.5. The Hall–Kier alpha value is -0.600. The first-order valence-electron chi connectivity index (χ1n) is 9.89. The highest BCUT2D eigenvalue weighted by Gasteiger charge is 2.83. The molecule has 0 saturated heterocycles. The lowest BCUT2D eigenvalue weighted by molar-refractivity contribution is -0.381. The molecule has 3 N–H and O–H groups in total. The Labute approximate surface area is 173 Å². The van der Waals surface area contributed by atoms with Gasteiger partial charge in [0.2, 0.25) is 5.79 Å². The fourth-order valence-electron chi connectivity index (χ4n) is 7.63. The molecule has 9 atom stereocenters. The molecule has 4 rings (SSSR count). The van der Waals surface area contributed by atoms with Gasteiger partial charge in [-0.1, -0.05) is 43.3 Å². The van der Waals surface area contributed by atoms with Gasteiger partial charge in [0, 0.05) is 24.4 Å². The van der Waals surface area contributed by atoms with Crippen LogP contribution in [0.5, 0.6) is 0 Å². The van der Waals surface area contributed by atoms with Crippen molar-refractivity contribution in [3.05, 3.63) is 12.2 Å². The second-order valence-corrected chi connectivity index (χ2v) is 11.1. The van der Waals surface area contributed by atoms with Crippen molar-refractivity contribution in [3.8, 4) is 0 Å². The molecule has 0 aromatic heterocycles. The van der Waals surface area contributed by atoms with Gasteiger partial charge in [-0.2, -0.15) is 0 Å². The standard InChI is InChI=1S/C21H29BrO6/c1-9-10-6-7-12-19(4)13(18(2,3)8-11(22)16(19)25)17(26)21(27,28-5)20(12,14(9)23)15(10)24/h10-13,15,17,24,26-27H,1,6-8H2,2-5H3/t10-,11?,12-,13+,15+,17-,19-,20-,21?/m0/s1. The molecule has 4 aliphatic carbocycles. The van der Waals surface area contributed by atoms with Crippen molar-refractivity contribution in [2.75, 3.05) is 7.11 Å². The van der Waals surface area contributed by atoms with E-state index < -0.39 is 62.6 Å². The molecule has 0 aliphatic heterocycles. The number of rotatable bonds is 1. The Morgan fingerprint density at radius 2 is 1.75 bits per heavy atom. The molecular formula is C21H29BrO6. The number of aliphatic hydroxyl groups is 3. The van der Waals surface area contributed by atoms with Crippen LogP contribution in [0.3, 0.4) is 0 Å². The van der Waals surface area contributed by atoms with E-state index in [-0.39, 0.29) is 11.4 Å². The summed E-state index contributed by atoms with van der Waals surface area (Å²) >= 11 is 3.51. The second-order valence-electron chi connectivity index (χ2n) is 10.0. The summed E-state index contributed by atoms with van der Waals surface area (Å²) in [6.07, 6.45) is -1.29. The van der Waals surface area contributed by atoms with Gasteiger partial charge in [0.15, 0.2) is 11.6 Å². The molecule has 0 amide bonds. The lowest BCUT2D eigenvalue weighted by Gasteiger charge is -2.68. The van der Waals surface area contributed by atoms with Gasteiger partial charge in [0.1, 0.15) is 11.5 Å². The molecule has 4 aliphatic rings. The van der Waals surface area contributed by atoms with Crippen molar-refractivity contribution >= 4 is 27.5 Å². The first kappa shape index (κ1) is 20.7. The number of Topliss-reactive ketones (excluding diaryl/α,β-unsaturated/α-hetero) is 2. The molecule has 0 aromatic carbocycles. The number of carbonyl (C=O) groups is 2. The van der Waals surface area contributed by atoms with Gasteiger partial charge in [0.05, 0.1) is 10.9 Å². The molecule has 4 fully saturated rings. The third-order valence-electron chi connectivity index (χ3n) is 8.63. The monoisotopic (exact) mass is 456 g/mol. The van der Waals surface area contributed by atoms with E-state index in [1.165, 1.54) is 7.11 Å². The van der Waals surface area contributed by atoms with E-state index in [1.807, 2.05) is 13.8 Å². The third kappa shape index (κ3) is 1.89. The first-order chi connectivity index (χ1) is 12.8. The predicted octanol–water partition coefficient (Wildman–Crippen LogP) is 1.59. The Morgan fingerprint density at radius 1 is 1.14 bits per heavy atom. The van der Waals surface area contributed by atoms with Gasteiger partial charge in [0.25, 0.3) is 0 Å². The van der Waals surface area contributed by atoms with Gasteiger partial charge < -0.3 is 20.1 Å². The van der Waals surface area contributed by atoms with E-state index in [1.54, 1.807) is 6.92 Å². The molecule has 1 spiro atoms. The van der Waals surface area contributed by atoms with E-state index in [2.05, 4.69) is 22.5 Å². The van der Waals surface area contributed by atoms with E-state index in [0.717, 1.165) is 0 Å². The van der Waals surface area contributed by atoms with Crippen molar-refractivity contribution in [3.63, 3.8) is 0 Å². The number of carbonyl (C=O) groups excluding carboxylic acids is 2. The zero-order chi connectivity index (χ0) is 21.0. The number of ketones is 2. The minimum atomic E-state index is -2.30. The quantitative estimate of drug-likeness (QED) is 0.314. The molecule has 0 aromatic rings. The molecule has 0 radical (unpaired) electrons. The van der Waals surface area contributed by atoms with Crippen LogP contribution in [0.25, 0.3) is 0 Å². The number of hydrogen-bond donors (Lipinski definition) is 3. The van der Waals surface area contributed by atoms with Crippen molar-refractivity contribution < 1.29 is 29.6 Å². The number of aliphatic hydroxyl groups excluding tert-OH is 2. The van der Waals surface area contributed by atoms with E-state index in [9.17, 15) is 24.9 Å². The Morgan fingerprint density at radius 3 is 2.32 bits per heavy atom. The average Bonchev–Trinajstić information content (AvgIpc) is 2.73. The number of ether oxygens (including phenoxy) is 1. The van der Waals surface area contributed by atoms with Crippen LogP contribution in [0.1, 0.15) is 40.0 Å². The normalized spacial score (nSPS) is 55.1. The minimum Gasteiger partial charge on any atom is -0.391 e. The van der Waals surface area contributed by atoms with E-state index >= 15 is 0 Å². The van der Waals surface area contributed by atoms with E-state index in [4.69, 9.17) is 4.74 Å². The minimum absolute atomic E-state index is 0.0886. The molecule has 0 heterocycles. The molecule has 4 saturated carbocycles. The van der Waals surface area contributed by atoms with Crippen molar-refractivity contribution in [1.82, 2.24) is 0 Å². The van der Waals surface area contributed by atoms with Gasteiger partial charge in [-0.25, -0.2) is 0 Å². The van der Waals surface area contributed by atoms with Crippen LogP contribution in [0, 0.1) is 34.0 Å². The number of alkyl halides is 1. The lowest BCUT2D eigenvalue weighted by Crippen LogP contribution is -2.80. The van der Waals surface area contributed by atoms with Gasteiger partial charge in [-0.15, -0.1) is 0 Å². The average molecular weight is 457 g/mol. The third-order valence-corrected chi connectivity index (χ3v) is 9.37. The smallest absolute Gasteiger partial charge is 0.208 e. The van der Waals surface area contributed by atoms with Crippen LogP contribution in [-0.2, 0) is 14.3 Å². The molecule has 28 heavy (non-hydrogen) atoms. The van der Waals surface area contributed by atoms with Crippen LogP contribution >= 0.6 is 15.9 Å². The number of halogens is 1. The van der Waals surface area contributed by atoms with Crippen LogP contribution in [0.15, 0.2) is 12.2 Å². The lowest BCUT2D eigenvalue weighted by atomic mass is 9.37. The molecule has 7 heteroatoms. The SMILES string of the molecule is C=C1C(=O)[C@]23[C@H](O)[C@H]1CC[C@H]2[C@]1(C)C(=O)C(Br)CC(C)(C)[C@H]1[C@H](O)C3(O)OC. The Bertz CT molecular complexity index is 779. The largest absolute Gasteiger partial charge is 0.391 e. The van der Waals surface area contributed by atoms with Crippen LogP contribution in [0.2, 0.25) is 0 Å². The molecule has 2 bridgehead atoms. The molecule has 6 nitrogen and oxygen atoms in total. The summed E-state index contributed by atoms with van der Waals surface area (Å²) < 4.78 is 5.48. The number of fused-ring (bicyclic) bond motifs is 3. The zero-order valence-corrected chi connectivity index (χ0v) is 18.3. The summed E-state index contributed by atoms with van der Waals surface area (Å²) in [4.78, 5) is 26.6. The zero-order valence-electron chi connectivity index (χ0n) is 16.7. The summed E-state index contributed by atoms with van der Waals surface area (Å²) in [7, 11) is 1.24. The van der Waals surface area contributed by atoms with Crippen LogP contribution in [0.4, 0.5) is 0 Å². The number of hydrogen-bond acceptors (Lipinski definition) is 6.